The van der Waals surface area contributed by atoms with Gasteiger partial charge in [0.1, 0.15) is 0 Å². The molecule has 0 spiro atoms. The third kappa shape index (κ3) is 1.46. The fraction of sp³-hybridized carbons (Fsp3) is 0.200. The number of aromatic nitrogens is 2. The van der Waals surface area contributed by atoms with Crippen molar-refractivity contribution in [1.29, 1.82) is 0 Å². The molecule has 4 nitrogen and oxygen atoms in total. The summed E-state index contributed by atoms with van der Waals surface area (Å²) in [4.78, 5) is 2.01. The van der Waals surface area contributed by atoms with E-state index in [2.05, 4.69) is 10.2 Å². The molecule has 2 rings (SSSR count). The van der Waals surface area contributed by atoms with Crippen molar-refractivity contribution in [2.45, 2.75) is 0 Å². The molecule has 1 aromatic heterocycles. The molecular weight excluding hydrogens is 178 g/mol. The van der Waals surface area contributed by atoms with Crippen molar-refractivity contribution < 1.29 is 4.42 Å². The lowest BCUT2D eigenvalue weighted by molar-refractivity contribution is 0.568. The molecule has 2 aromatic rings. The summed E-state index contributed by atoms with van der Waals surface area (Å²) in [5.41, 5.74) is 2.02. The Kier molecular flexibility index (Phi) is 2.18. The van der Waals surface area contributed by atoms with Gasteiger partial charge in [0.05, 0.1) is 5.56 Å². The van der Waals surface area contributed by atoms with Crippen LogP contribution >= 0.6 is 0 Å². The van der Waals surface area contributed by atoms with Crippen LogP contribution in [0.5, 0.6) is 0 Å². The summed E-state index contributed by atoms with van der Waals surface area (Å²) in [6, 6.07) is 7.91. The molecule has 0 saturated carbocycles. The third-order valence-electron chi connectivity index (χ3n) is 1.98. The van der Waals surface area contributed by atoms with Gasteiger partial charge in [-0.05, 0) is 12.1 Å². The molecule has 0 saturated heterocycles. The molecule has 0 unspecified atom stereocenters. The standard InChI is InChI=1S/C10H11N3O/c1-13(2)9-6-4-3-5-8(9)10-12-11-7-14-10/h3-7H,1-2H3. The third-order valence-corrected chi connectivity index (χ3v) is 1.98. The van der Waals surface area contributed by atoms with Gasteiger partial charge >= 0.3 is 0 Å². The molecule has 0 aliphatic carbocycles. The molecule has 0 atom stereocenters. The Bertz CT molecular complexity index is 409. The van der Waals surface area contributed by atoms with Crippen molar-refractivity contribution >= 4 is 5.69 Å². The number of para-hydroxylation sites is 1. The first-order valence-corrected chi connectivity index (χ1v) is 4.32. The van der Waals surface area contributed by atoms with Crippen LogP contribution in [-0.2, 0) is 0 Å². The summed E-state index contributed by atoms with van der Waals surface area (Å²) in [5, 5.41) is 7.55. The molecular formula is C10H11N3O. The predicted octanol–water partition coefficient (Wildman–Crippen LogP) is 1.80. The van der Waals surface area contributed by atoms with Crippen LogP contribution in [0.4, 0.5) is 5.69 Å². The molecule has 72 valence electrons. The average molecular weight is 189 g/mol. The summed E-state index contributed by atoms with van der Waals surface area (Å²) < 4.78 is 5.16. The first-order valence-electron chi connectivity index (χ1n) is 4.32. The molecule has 14 heavy (non-hydrogen) atoms. The second-order valence-corrected chi connectivity index (χ2v) is 3.16. The van der Waals surface area contributed by atoms with E-state index in [9.17, 15) is 0 Å². The van der Waals surface area contributed by atoms with Gasteiger partial charge in [0.25, 0.3) is 0 Å². The largest absolute Gasteiger partial charge is 0.423 e. The Morgan fingerprint density at radius 1 is 1.21 bits per heavy atom. The van der Waals surface area contributed by atoms with Crippen LogP contribution in [0.15, 0.2) is 35.1 Å². The number of hydrogen-bond acceptors (Lipinski definition) is 4. The number of rotatable bonds is 2. The van der Waals surface area contributed by atoms with Crippen LogP contribution in [-0.4, -0.2) is 24.3 Å². The van der Waals surface area contributed by atoms with Gasteiger partial charge < -0.3 is 9.32 Å². The monoisotopic (exact) mass is 189 g/mol. The van der Waals surface area contributed by atoms with Gasteiger partial charge in [-0.15, -0.1) is 10.2 Å². The molecule has 1 heterocycles. The minimum atomic E-state index is 0.550. The zero-order valence-electron chi connectivity index (χ0n) is 8.14. The summed E-state index contributed by atoms with van der Waals surface area (Å²) >= 11 is 0. The van der Waals surface area contributed by atoms with Crippen molar-refractivity contribution in [1.82, 2.24) is 10.2 Å². The lowest BCUT2D eigenvalue weighted by atomic mass is 10.1. The minimum Gasteiger partial charge on any atom is -0.423 e. The van der Waals surface area contributed by atoms with Gasteiger partial charge in [0.2, 0.25) is 12.3 Å². The molecule has 0 aliphatic heterocycles. The SMILES string of the molecule is CN(C)c1ccccc1-c1nnco1. The van der Waals surface area contributed by atoms with E-state index >= 15 is 0 Å². The van der Waals surface area contributed by atoms with E-state index in [0.717, 1.165) is 11.3 Å². The Labute approximate surface area is 82.2 Å². The van der Waals surface area contributed by atoms with E-state index in [1.165, 1.54) is 6.39 Å². The maximum Gasteiger partial charge on any atom is 0.249 e. The summed E-state index contributed by atoms with van der Waals surface area (Å²) in [7, 11) is 3.96. The van der Waals surface area contributed by atoms with Crippen LogP contribution in [0.3, 0.4) is 0 Å². The number of benzene rings is 1. The second kappa shape index (κ2) is 3.49. The molecule has 0 N–H and O–H groups in total. The van der Waals surface area contributed by atoms with Crippen molar-refractivity contribution in [3.63, 3.8) is 0 Å². The zero-order valence-corrected chi connectivity index (χ0v) is 8.14. The maximum absolute atomic E-state index is 5.16. The van der Waals surface area contributed by atoms with E-state index in [-0.39, 0.29) is 0 Å². The minimum absolute atomic E-state index is 0.550. The number of nitrogens with zero attached hydrogens (tertiary/aromatic N) is 3. The van der Waals surface area contributed by atoms with Crippen molar-refractivity contribution in [3.8, 4) is 11.5 Å². The predicted molar refractivity (Wildman–Crippen MR) is 54.1 cm³/mol. The van der Waals surface area contributed by atoms with Gasteiger partial charge in [-0.25, -0.2) is 0 Å². The first-order chi connectivity index (χ1) is 6.79. The highest BCUT2D eigenvalue weighted by molar-refractivity contribution is 5.72. The molecule has 0 radical (unpaired) electrons. The van der Waals surface area contributed by atoms with E-state index in [1.807, 2.05) is 43.3 Å². The quantitative estimate of drug-likeness (QED) is 0.722. The lowest BCUT2D eigenvalue weighted by Gasteiger charge is -2.14. The molecule has 0 aliphatic rings. The Hall–Kier alpha value is -1.84. The zero-order chi connectivity index (χ0) is 9.97. The second-order valence-electron chi connectivity index (χ2n) is 3.16. The highest BCUT2D eigenvalue weighted by atomic mass is 16.4. The van der Waals surface area contributed by atoms with Gasteiger partial charge in [0, 0.05) is 19.8 Å². The normalized spacial score (nSPS) is 10.1. The number of hydrogen-bond donors (Lipinski definition) is 0. The van der Waals surface area contributed by atoms with Gasteiger partial charge in [0.15, 0.2) is 0 Å². The van der Waals surface area contributed by atoms with Crippen LogP contribution in [0, 0.1) is 0 Å². The van der Waals surface area contributed by atoms with Gasteiger partial charge in [-0.3, -0.25) is 0 Å². The van der Waals surface area contributed by atoms with E-state index < -0.39 is 0 Å². The Balaban J connectivity index is 2.53. The van der Waals surface area contributed by atoms with E-state index in [0.29, 0.717) is 5.89 Å². The molecule has 4 heteroatoms. The fourth-order valence-corrected chi connectivity index (χ4v) is 1.33. The Morgan fingerprint density at radius 3 is 2.64 bits per heavy atom. The van der Waals surface area contributed by atoms with Crippen LogP contribution in [0.25, 0.3) is 11.5 Å². The van der Waals surface area contributed by atoms with E-state index in [1.54, 1.807) is 0 Å². The van der Waals surface area contributed by atoms with Crippen molar-refractivity contribution in [2.75, 3.05) is 19.0 Å². The summed E-state index contributed by atoms with van der Waals surface area (Å²) in [5.74, 6) is 0.550. The van der Waals surface area contributed by atoms with Crippen LogP contribution in [0.1, 0.15) is 0 Å². The first kappa shape index (κ1) is 8.74. The fourth-order valence-electron chi connectivity index (χ4n) is 1.33. The van der Waals surface area contributed by atoms with Gasteiger partial charge in [-0.1, -0.05) is 12.1 Å². The average Bonchev–Trinajstić information content (AvgIpc) is 2.70. The molecule has 0 amide bonds. The summed E-state index contributed by atoms with van der Waals surface area (Å²) in [6.45, 7) is 0. The maximum atomic E-state index is 5.16. The van der Waals surface area contributed by atoms with Crippen molar-refractivity contribution in [3.05, 3.63) is 30.7 Å². The topological polar surface area (TPSA) is 42.2 Å². The smallest absolute Gasteiger partial charge is 0.249 e. The Morgan fingerprint density at radius 2 is 2.00 bits per heavy atom. The molecule has 1 aromatic carbocycles. The van der Waals surface area contributed by atoms with Crippen LogP contribution in [0.2, 0.25) is 0 Å². The molecule has 0 bridgehead atoms. The van der Waals surface area contributed by atoms with Crippen LogP contribution < -0.4 is 4.90 Å². The van der Waals surface area contributed by atoms with Gasteiger partial charge in [-0.2, -0.15) is 0 Å². The molecule has 0 fully saturated rings. The highest BCUT2D eigenvalue weighted by Gasteiger charge is 2.09. The summed E-state index contributed by atoms with van der Waals surface area (Å²) in [6.07, 6.45) is 1.34. The van der Waals surface area contributed by atoms with E-state index in [4.69, 9.17) is 4.42 Å². The lowest BCUT2D eigenvalue weighted by Crippen LogP contribution is -2.09. The van der Waals surface area contributed by atoms with Crippen molar-refractivity contribution in [2.24, 2.45) is 0 Å². The number of anilines is 1. The highest BCUT2D eigenvalue weighted by Crippen LogP contribution is 2.27.